The predicted molar refractivity (Wildman–Crippen MR) is 134 cm³/mol. The summed E-state index contributed by atoms with van der Waals surface area (Å²) >= 11 is 0. The number of ether oxygens (including phenoxy) is 1. The van der Waals surface area contributed by atoms with E-state index in [2.05, 4.69) is 47.1 Å². The van der Waals surface area contributed by atoms with E-state index in [0.717, 1.165) is 33.7 Å². The second kappa shape index (κ2) is 10.4. The van der Waals surface area contributed by atoms with E-state index in [4.69, 9.17) is 9.72 Å². The number of rotatable bonds is 9. The number of nitrogens with zero attached hydrogens (tertiary/aromatic N) is 2. The van der Waals surface area contributed by atoms with Gasteiger partial charge in [-0.25, -0.2) is 4.98 Å². The van der Waals surface area contributed by atoms with Crippen molar-refractivity contribution in [3.05, 3.63) is 83.7 Å². The number of aromatic nitrogens is 2. The highest BCUT2D eigenvalue weighted by atomic mass is 16.5. The zero-order chi connectivity index (χ0) is 24.1. The van der Waals surface area contributed by atoms with Crippen molar-refractivity contribution in [2.24, 2.45) is 0 Å². The van der Waals surface area contributed by atoms with Gasteiger partial charge in [0, 0.05) is 37.4 Å². The van der Waals surface area contributed by atoms with Crippen LogP contribution in [0.1, 0.15) is 35.0 Å². The Kier molecular flexibility index (Phi) is 7.18. The van der Waals surface area contributed by atoms with Crippen LogP contribution in [-0.2, 0) is 16.0 Å². The molecule has 0 saturated carbocycles. The summed E-state index contributed by atoms with van der Waals surface area (Å²) in [5.74, 6) is 0.0308. The molecule has 1 N–H and O–H groups in total. The average Bonchev–Trinajstić information content (AvgIpc) is 3.21. The van der Waals surface area contributed by atoms with E-state index in [1.54, 1.807) is 14.0 Å². The van der Waals surface area contributed by atoms with Crippen molar-refractivity contribution in [1.29, 1.82) is 0 Å². The molecule has 1 amide bonds. The van der Waals surface area contributed by atoms with Crippen LogP contribution in [0.5, 0.6) is 0 Å². The van der Waals surface area contributed by atoms with Crippen LogP contribution in [0.25, 0.3) is 28.0 Å². The summed E-state index contributed by atoms with van der Waals surface area (Å²) in [7, 11) is 1.61. The van der Waals surface area contributed by atoms with Crippen molar-refractivity contribution in [1.82, 2.24) is 14.7 Å². The maximum absolute atomic E-state index is 12.4. The number of carbonyl (C=O) groups is 2. The molecule has 0 aliphatic heterocycles. The normalized spacial score (nSPS) is 11.0. The summed E-state index contributed by atoms with van der Waals surface area (Å²) < 4.78 is 7.09. The highest BCUT2D eigenvalue weighted by molar-refractivity contribution is 5.94. The molecular weight excluding hydrogens is 426 g/mol. The summed E-state index contributed by atoms with van der Waals surface area (Å²) in [5, 5.41) is 2.89. The minimum absolute atomic E-state index is 0.0159. The number of ketones is 1. The van der Waals surface area contributed by atoms with Crippen LogP contribution in [0.2, 0.25) is 0 Å². The lowest BCUT2D eigenvalue weighted by atomic mass is 10.0. The molecule has 0 radical (unpaired) electrons. The van der Waals surface area contributed by atoms with E-state index in [-0.39, 0.29) is 11.7 Å². The van der Waals surface area contributed by atoms with Gasteiger partial charge in [-0.3, -0.25) is 9.59 Å². The van der Waals surface area contributed by atoms with Gasteiger partial charge in [0.25, 0.3) is 0 Å². The predicted octanol–water partition coefficient (Wildman–Crippen LogP) is 4.87. The Hall–Kier alpha value is -3.77. The molecule has 2 aromatic heterocycles. The highest BCUT2D eigenvalue weighted by Crippen LogP contribution is 2.28. The first-order valence-electron chi connectivity index (χ1n) is 11.4. The van der Waals surface area contributed by atoms with Crippen molar-refractivity contribution in [2.75, 3.05) is 20.3 Å². The van der Waals surface area contributed by atoms with Crippen molar-refractivity contribution in [2.45, 2.75) is 26.7 Å². The fraction of sp³-hybridized carbons (Fsp3) is 0.250. The Morgan fingerprint density at radius 2 is 1.62 bits per heavy atom. The van der Waals surface area contributed by atoms with Gasteiger partial charge in [0.15, 0.2) is 5.78 Å². The first-order valence-corrected chi connectivity index (χ1v) is 11.4. The number of nitrogens with one attached hydrogen (secondary N) is 1. The standard InChI is InChI=1S/C28H29N3O3/c1-19-4-6-23(7-5-19)28-25(13-15-27(33)29-16-17-34-3)31-18-24(12-14-26(31)30-28)22-10-8-21(9-11-22)20(2)32/h4-12,14,18H,13,15-17H2,1-3H3,(H,29,33). The number of methoxy groups -OCH3 is 1. The number of imidazole rings is 1. The van der Waals surface area contributed by atoms with Gasteiger partial charge in [-0.05, 0) is 43.5 Å². The Labute approximate surface area is 199 Å². The number of fused-ring (bicyclic) bond motifs is 1. The Balaban J connectivity index is 1.71. The van der Waals surface area contributed by atoms with Crippen molar-refractivity contribution >= 4 is 17.3 Å². The van der Waals surface area contributed by atoms with Crippen LogP contribution in [-0.4, -0.2) is 41.3 Å². The zero-order valence-electron chi connectivity index (χ0n) is 19.8. The summed E-state index contributed by atoms with van der Waals surface area (Å²) in [6.45, 7) is 4.61. The molecule has 0 bridgehead atoms. The summed E-state index contributed by atoms with van der Waals surface area (Å²) in [6.07, 6.45) is 2.96. The van der Waals surface area contributed by atoms with Gasteiger partial charge in [-0.2, -0.15) is 0 Å². The van der Waals surface area contributed by atoms with Crippen LogP contribution >= 0.6 is 0 Å². The smallest absolute Gasteiger partial charge is 0.220 e. The van der Waals surface area contributed by atoms with Crippen molar-refractivity contribution in [3.8, 4) is 22.4 Å². The molecule has 0 aliphatic carbocycles. The molecule has 2 heterocycles. The summed E-state index contributed by atoms with van der Waals surface area (Å²) in [6, 6.07) is 19.9. The third-order valence-corrected chi connectivity index (χ3v) is 5.88. The molecule has 174 valence electrons. The maximum atomic E-state index is 12.4. The third kappa shape index (κ3) is 5.24. The molecule has 2 aromatic carbocycles. The molecule has 4 rings (SSSR count). The van der Waals surface area contributed by atoms with E-state index in [0.29, 0.717) is 31.6 Å². The molecular formula is C28H29N3O3. The second-order valence-electron chi connectivity index (χ2n) is 8.40. The van der Waals surface area contributed by atoms with Gasteiger partial charge in [0.1, 0.15) is 5.65 Å². The van der Waals surface area contributed by atoms with Crippen LogP contribution in [0.3, 0.4) is 0 Å². The molecule has 0 aliphatic rings. The number of benzene rings is 2. The number of aryl methyl sites for hydroxylation is 2. The number of amides is 1. The first-order chi connectivity index (χ1) is 16.5. The molecule has 4 aromatic rings. The topological polar surface area (TPSA) is 72.7 Å². The number of hydrogen-bond acceptors (Lipinski definition) is 4. The van der Waals surface area contributed by atoms with Crippen LogP contribution in [0.4, 0.5) is 0 Å². The van der Waals surface area contributed by atoms with E-state index >= 15 is 0 Å². The highest BCUT2D eigenvalue weighted by Gasteiger charge is 2.16. The number of carbonyl (C=O) groups excluding carboxylic acids is 2. The first kappa shape index (κ1) is 23.4. The van der Waals surface area contributed by atoms with Gasteiger partial charge in [-0.15, -0.1) is 0 Å². The number of Topliss-reactive ketones (excluding diaryl/α,β-unsaturated/α-hetero) is 1. The maximum Gasteiger partial charge on any atom is 0.220 e. The molecule has 34 heavy (non-hydrogen) atoms. The van der Waals surface area contributed by atoms with Crippen LogP contribution in [0.15, 0.2) is 66.9 Å². The number of hydrogen-bond donors (Lipinski definition) is 1. The van der Waals surface area contributed by atoms with Crippen LogP contribution < -0.4 is 5.32 Å². The van der Waals surface area contributed by atoms with E-state index in [1.807, 2.05) is 36.4 Å². The fourth-order valence-electron chi connectivity index (χ4n) is 3.96. The van der Waals surface area contributed by atoms with Gasteiger partial charge in [-0.1, -0.05) is 54.1 Å². The SMILES string of the molecule is COCCNC(=O)CCc1c(-c2ccc(C)cc2)nc2ccc(-c3ccc(C(C)=O)cc3)cn12. The fourth-order valence-corrected chi connectivity index (χ4v) is 3.96. The molecule has 0 atom stereocenters. The molecule has 0 saturated heterocycles. The van der Waals surface area contributed by atoms with E-state index < -0.39 is 0 Å². The molecule has 0 unspecified atom stereocenters. The lowest BCUT2D eigenvalue weighted by Crippen LogP contribution is -2.27. The molecule has 6 heteroatoms. The zero-order valence-corrected chi connectivity index (χ0v) is 19.8. The summed E-state index contributed by atoms with van der Waals surface area (Å²) in [5.41, 5.74) is 7.63. The summed E-state index contributed by atoms with van der Waals surface area (Å²) in [4.78, 5) is 28.9. The molecule has 6 nitrogen and oxygen atoms in total. The van der Waals surface area contributed by atoms with Crippen molar-refractivity contribution < 1.29 is 14.3 Å². The third-order valence-electron chi connectivity index (χ3n) is 5.88. The van der Waals surface area contributed by atoms with Gasteiger partial charge in [0.2, 0.25) is 5.91 Å². The number of pyridine rings is 1. The average molecular weight is 456 g/mol. The Morgan fingerprint density at radius 3 is 2.29 bits per heavy atom. The Bertz CT molecular complexity index is 1310. The second-order valence-corrected chi connectivity index (χ2v) is 8.40. The minimum Gasteiger partial charge on any atom is -0.383 e. The minimum atomic E-state index is -0.0159. The van der Waals surface area contributed by atoms with Crippen molar-refractivity contribution in [3.63, 3.8) is 0 Å². The van der Waals surface area contributed by atoms with Crippen LogP contribution in [0, 0.1) is 6.92 Å². The lowest BCUT2D eigenvalue weighted by molar-refractivity contribution is -0.121. The Morgan fingerprint density at radius 1 is 0.941 bits per heavy atom. The van der Waals surface area contributed by atoms with Gasteiger partial charge >= 0.3 is 0 Å². The monoisotopic (exact) mass is 455 g/mol. The molecule has 0 spiro atoms. The molecule has 0 fully saturated rings. The quantitative estimate of drug-likeness (QED) is 0.289. The largest absolute Gasteiger partial charge is 0.383 e. The van der Waals surface area contributed by atoms with Gasteiger partial charge in [0.05, 0.1) is 18.0 Å². The van der Waals surface area contributed by atoms with Gasteiger partial charge < -0.3 is 14.5 Å². The van der Waals surface area contributed by atoms with E-state index in [9.17, 15) is 9.59 Å². The lowest BCUT2D eigenvalue weighted by Gasteiger charge is -2.09. The van der Waals surface area contributed by atoms with E-state index in [1.165, 1.54) is 5.56 Å².